The number of nitrogens with zero attached hydrogens (tertiary/aromatic N) is 1. The summed E-state index contributed by atoms with van der Waals surface area (Å²) in [7, 11) is 0. The first-order chi connectivity index (χ1) is 9.99. The lowest BCUT2D eigenvalue weighted by molar-refractivity contribution is -0.139. The Balaban J connectivity index is 2.75. The van der Waals surface area contributed by atoms with Crippen LogP contribution < -0.4 is 10.6 Å². The number of anilines is 1. The summed E-state index contributed by atoms with van der Waals surface area (Å²) in [5.74, 6) is -0.450. The number of hydrogen-bond donors (Lipinski definition) is 3. The molecule has 1 aromatic carbocycles. The molecule has 1 rings (SSSR count). The minimum absolute atomic E-state index is 0.336. The van der Waals surface area contributed by atoms with Crippen molar-refractivity contribution in [3.8, 4) is 6.07 Å². The molecular weight excluding hydrogens is 290 g/mol. The van der Waals surface area contributed by atoms with Gasteiger partial charge in [-0.1, -0.05) is 12.1 Å². The molecule has 0 aliphatic carbocycles. The minimum Gasteiger partial charge on any atom is -0.480 e. The van der Waals surface area contributed by atoms with Crippen LogP contribution in [0.4, 0.5) is 10.5 Å². The summed E-state index contributed by atoms with van der Waals surface area (Å²) in [4.78, 5) is 22.9. The summed E-state index contributed by atoms with van der Waals surface area (Å²) in [6, 6.07) is 5.51. The zero-order chi connectivity index (χ0) is 15.8. The Morgan fingerprint density at radius 1 is 1.48 bits per heavy atom. The molecule has 0 saturated heterocycles. The summed E-state index contributed by atoms with van der Waals surface area (Å²) in [5, 5.41) is 23.1. The van der Waals surface area contributed by atoms with Crippen LogP contribution >= 0.6 is 11.8 Å². The summed E-state index contributed by atoms with van der Waals surface area (Å²) in [5.41, 5.74) is 1.47. The van der Waals surface area contributed by atoms with Gasteiger partial charge in [-0.2, -0.15) is 17.0 Å². The van der Waals surface area contributed by atoms with Crippen LogP contribution in [0.15, 0.2) is 18.2 Å². The molecule has 3 N–H and O–H groups in total. The number of carbonyl (C=O) groups excluding carboxylic acids is 1. The van der Waals surface area contributed by atoms with E-state index in [-0.39, 0.29) is 0 Å². The third-order valence-electron chi connectivity index (χ3n) is 2.85. The lowest BCUT2D eigenvalue weighted by atomic mass is 10.1. The van der Waals surface area contributed by atoms with Crippen LogP contribution in [0.5, 0.6) is 0 Å². The zero-order valence-electron chi connectivity index (χ0n) is 11.8. The number of benzene rings is 1. The highest BCUT2D eigenvalue weighted by atomic mass is 32.2. The first kappa shape index (κ1) is 16.9. The maximum Gasteiger partial charge on any atom is 0.326 e. The molecule has 0 unspecified atom stereocenters. The molecule has 0 radical (unpaired) electrons. The van der Waals surface area contributed by atoms with E-state index in [1.54, 1.807) is 25.1 Å². The quantitative estimate of drug-likeness (QED) is 0.747. The largest absolute Gasteiger partial charge is 0.480 e. The smallest absolute Gasteiger partial charge is 0.326 e. The Kier molecular flexibility index (Phi) is 6.56. The molecule has 0 bridgehead atoms. The molecule has 0 fully saturated rings. The highest BCUT2D eigenvalue weighted by molar-refractivity contribution is 7.98. The molecule has 2 amide bonds. The van der Waals surface area contributed by atoms with E-state index in [1.165, 1.54) is 11.8 Å². The van der Waals surface area contributed by atoms with Gasteiger partial charge in [0.2, 0.25) is 0 Å². The first-order valence-corrected chi connectivity index (χ1v) is 7.68. The summed E-state index contributed by atoms with van der Waals surface area (Å²) >= 11 is 1.51. The molecule has 0 heterocycles. The number of carboxylic acids is 1. The lowest BCUT2D eigenvalue weighted by Crippen LogP contribution is -2.43. The molecule has 0 saturated carbocycles. The van der Waals surface area contributed by atoms with Gasteiger partial charge >= 0.3 is 12.0 Å². The number of rotatable bonds is 6. The van der Waals surface area contributed by atoms with Gasteiger partial charge in [-0.25, -0.2) is 9.59 Å². The van der Waals surface area contributed by atoms with E-state index >= 15 is 0 Å². The molecule has 0 aliphatic rings. The Bertz CT molecular complexity index is 569. The standard InChI is InChI=1S/C14H17N3O3S/c1-9-4-3-5-11(10(9)8-15)16-14(20)17-12(13(18)19)6-7-21-2/h3-5,12H,6-7H2,1-2H3,(H,18,19)(H2,16,17,20)/t12-/m0/s1. The van der Waals surface area contributed by atoms with Crippen molar-refractivity contribution in [3.05, 3.63) is 29.3 Å². The molecule has 0 aliphatic heterocycles. The van der Waals surface area contributed by atoms with Crippen LogP contribution in [0.25, 0.3) is 0 Å². The number of nitriles is 1. The van der Waals surface area contributed by atoms with Crippen molar-refractivity contribution in [2.75, 3.05) is 17.3 Å². The minimum atomic E-state index is -1.08. The predicted molar refractivity (Wildman–Crippen MR) is 82.5 cm³/mol. The number of aryl methyl sites for hydroxylation is 1. The number of nitrogens with one attached hydrogen (secondary N) is 2. The number of thioether (sulfide) groups is 1. The Morgan fingerprint density at radius 2 is 2.19 bits per heavy atom. The number of aliphatic carboxylic acids is 1. The van der Waals surface area contributed by atoms with E-state index in [0.717, 1.165) is 5.56 Å². The summed E-state index contributed by atoms with van der Waals surface area (Å²) < 4.78 is 0. The Morgan fingerprint density at radius 3 is 2.76 bits per heavy atom. The van der Waals surface area contributed by atoms with Crippen LogP contribution in [0.3, 0.4) is 0 Å². The maximum atomic E-state index is 11.9. The van der Waals surface area contributed by atoms with Gasteiger partial charge in [-0.05, 0) is 37.0 Å². The molecule has 6 nitrogen and oxygen atoms in total. The summed E-state index contributed by atoms with van der Waals surface area (Å²) in [6.07, 6.45) is 2.20. The van der Waals surface area contributed by atoms with Gasteiger partial charge in [0.25, 0.3) is 0 Å². The fourth-order valence-electron chi connectivity index (χ4n) is 1.73. The molecule has 112 valence electrons. The van der Waals surface area contributed by atoms with E-state index < -0.39 is 18.0 Å². The zero-order valence-corrected chi connectivity index (χ0v) is 12.7. The fourth-order valence-corrected chi connectivity index (χ4v) is 2.20. The average molecular weight is 307 g/mol. The monoisotopic (exact) mass is 307 g/mol. The molecule has 1 aromatic rings. The normalized spacial score (nSPS) is 11.3. The molecule has 7 heteroatoms. The number of amides is 2. The van der Waals surface area contributed by atoms with E-state index in [4.69, 9.17) is 10.4 Å². The highest BCUT2D eigenvalue weighted by Crippen LogP contribution is 2.18. The van der Waals surface area contributed by atoms with Crippen molar-refractivity contribution in [2.45, 2.75) is 19.4 Å². The third kappa shape index (κ3) is 5.00. The number of hydrogen-bond acceptors (Lipinski definition) is 4. The van der Waals surface area contributed by atoms with Crippen molar-refractivity contribution in [3.63, 3.8) is 0 Å². The Labute approximate surface area is 127 Å². The van der Waals surface area contributed by atoms with Crippen molar-refractivity contribution >= 4 is 29.4 Å². The van der Waals surface area contributed by atoms with Gasteiger partial charge < -0.3 is 15.7 Å². The van der Waals surface area contributed by atoms with Gasteiger partial charge in [0.15, 0.2) is 0 Å². The van der Waals surface area contributed by atoms with Crippen molar-refractivity contribution in [2.24, 2.45) is 0 Å². The van der Waals surface area contributed by atoms with Gasteiger partial charge in [-0.15, -0.1) is 0 Å². The second kappa shape index (κ2) is 8.17. The number of carboxylic acid groups (broad SMARTS) is 1. The topological polar surface area (TPSA) is 102 Å². The van der Waals surface area contributed by atoms with E-state index in [0.29, 0.717) is 23.4 Å². The van der Waals surface area contributed by atoms with Crippen LogP contribution in [-0.4, -0.2) is 35.2 Å². The highest BCUT2D eigenvalue weighted by Gasteiger charge is 2.19. The van der Waals surface area contributed by atoms with Crippen molar-refractivity contribution < 1.29 is 14.7 Å². The second-order valence-electron chi connectivity index (χ2n) is 4.38. The molecular formula is C14H17N3O3S. The van der Waals surface area contributed by atoms with Crippen molar-refractivity contribution in [1.82, 2.24) is 5.32 Å². The Hall–Kier alpha value is -2.20. The molecule has 0 aromatic heterocycles. The first-order valence-electron chi connectivity index (χ1n) is 6.28. The van der Waals surface area contributed by atoms with E-state index in [2.05, 4.69) is 10.6 Å². The molecule has 1 atom stereocenters. The van der Waals surface area contributed by atoms with Crippen LogP contribution in [0, 0.1) is 18.3 Å². The van der Waals surface area contributed by atoms with Crippen LogP contribution in [0.2, 0.25) is 0 Å². The average Bonchev–Trinajstić information content (AvgIpc) is 2.43. The van der Waals surface area contributed by atoms with Gasteiger partial charge in [-0.3, -0.25) is 0 Å². The van der Waals surface area contributed by atoms with E-state index in [1.807, 2.05) is 12.3 Å². The second-order valence-corrected chi connectivity index (χ2v) is 5.37. The number of carbonyl (C=O) groups is 2. The molecule has 0 spiro atoms. The SMILES string of the molecule is CSCC[C@H](NC(=O)Nc1cccc(C)c1C#N)C(=O)O. The van der Waals surface area contributed by atoms with Gasteiger partial charge in [0, 0.05) is 0 Å². The van der Waals surface area contributed by atoms with Gasteiger partial charge in [0.1, 0.15) is 12.1 Å². The maximum absolute atomic E-state index is 11.9. The van der Waals surface area contributed by atoms with E-state index in [9.17, 15) is 9.59 Å². The predicted octanol–water partition coefficient (Wildman–Crippen LogP) is 2.19. The third-order valence-corrected chi connectivity index (χ3v) is 3.49. The van der Waals surface area contributed by atoms with Gasteiger partial charge in [0.05, 0.1) is 11.3 Å². The van der Waals surface area contributed by atoms with Crippen LogP contribution in [-0.2, 0) is 4.79 Å². The fraction of sp³-hybridized carbons (Fsp3) is 0.357. The lowest BCUT2D eigenvalue weighted by Gasteiger charge is -2.15. The van der Waals surface area contributed by atoms with Crippen LogP contribution in [0.1, 0.15) is 17.5 Å². The molecule has 21 heavy (non-hydrogen) atoms. The number of urea groups is 1. The van der Waals surface area contributed by atoms with Crippen molar-refractivity contribution in [1.29, 1.82) is 5.26 Å². The summed E-state index contributed by atoms with van der Waals surface area (Å²) in [6.45, 7) is 1.76.